The summed E-state index contributed by atoms with van der Waals surface area (Å²) in [6.07, 6.45) is 1.28. The first-order valence-electron chi connectivity index (χ1n) is 6.30. The minimum atomic E-state index is -0.599. The summed E-state index contributed by atoms with van der Waals surface area (Å²) in [4.78, 5) is 18.2. The Bertz CT molecular complexity index is 853. The number of aromatic amines is 1. The lowest BCUT2D eigenvalue weighted by Gasteiger charge is -2.15. The summed E-state index contributed by atoms with van der Waals surface area (Å²) < 4.78 is 1.53. The molecule has 0 radical (unpaired) electrons. The number of aliphatic hydroxyl groups is 1. The lowest BCUT2D eigenvalue weighted by atomic mass is 10.1. The van der Waals surface area contributed by atoms with Crippen LogP contribution in [0.1, 0.15) is 17.2 Å². The van der Waals surface area contributed by atoms with Gasteiger partial charge in [0.25, 0.3) is 5.56 Å². The van der Waals surface area contributed by atoms with E-state index in [2.05, 4.69) is 20.3 Å². The van der Waals surface area contributed by atoms with E-state index in [9.17, 15) is 9.90 Å². The van der Waals surface area contributed by atoms with E-state index < -0.39 is 6.10 Å². The second kappa shape index (κ2) is 3.97. The highest BCUT2D eigenvalue weighted by atomic mass is 16.3. The molecule has 1 aliphatic rings. The van der Waals surface area contributed by atoms with Crippen molar-refractivity contribution < 1.29 is 5.11 Å². The van der Waals surface area contributed by atoms with Crippen molar-refractivity contribution in [1.29, 1.82) is 0 Å². The molecule has 2 atom stereocenters. The van der Waals surface area contributed by atoms with Gasteiger partial charge < -0.3 is 10.1 Å². The number of benzene rings is 1. The third-order valence-electron chi connectivity index (χ3n) is 3.70. The van der Waals surface area contributed by atoms with Gasteiger partial charge in [0.2, 0.25) is 0 Å². The summed E-state index contributed by atoms with van der Waals surface area (Å²) in [5.74, 6) is 0. The van der Waals surface area contributed by atoms with E-state index in [1.165, 1.54) is 11.0 Å². The maximum atomic E-state index is 11.7. The van der Waals surface area contributed by atoms with Gasteiger partial charge in [-0.2, -0.15) is 0 Å². The molecule has 7 nitrogen and oxygen atoms in total. The molecule has 4 rings (SSSR count). The molecule has 2 aromatic heterocycles. The quantitative estimate of drug-likeness (QED) is 0.649. The first kappa shape index (κ1) is 11.3. The van der Waals surface area contributed by atoms with Gasteiger partial charge in [-0.3, -0.25) is 4.79 Å². The van der Waals surface area contributed by atoms with Gasteiger partial charge in [-0.1, -0.05) is 29.5 Å². The molecule has 2 N–H and O–H groups in total. The summed E-state index contributed by atoms with van der Waals surface area (Å²) in [6.45, 7) is 0. The Morgan fingerprint density at radius 3 is 3.10 bits per heavy atom. The van der Waals surface area contributed by atoms with Gasteiger partial charge in [-0.15, -0.1) is 5.10 Å². The lowest BCUT2D eigenvalue weighted by molar-refractivity contribution is 0.139. The monoisotopic (exact) mass is 269 g/mol. The SMILES string of the molecule is O=c1[nH]cnc2c1nnn2[C@H]1c2ccccc2C[C@@H]1O. The topological polar surface area (TPSA) is 96.7 Å². The average Bonchev–Trinajstić information content (AvgIpc) is 2.99. The van der Waals surface area contributed by atoms with E-state index in [4.69, 9.17) is 0 Å². The van der Waals surface area contributed by atoms with Crippen LogP contribution in [0, 0.1) is 0 Å². The highest BCUT2D eigenvalue weighted by Crippen LogP contribution is 2.34. The van der Waals surface area contributed by atoms with E-state index >= 15 is 0 Å². The van der Waals surface area contributed by atoms with Crippen molar-refractivity contribution in [3.8, 4) is 0 Å². The Morgan fingerprint density at radius 1 is 1.35 bits per heavy atom. The fourth-order valence-corrected chi connectivity index (χ4v) is 2.81. The molecular weight excluding hydrogens is 258 g/mol. The van der Waals surface area contributed by atoms with E-state index in [-0.39, 0.29) is 17.1 Å². The van der Waals surface area contributed by atoms with Crippen LogP contribution in [0.15, 0.2) is 35.4 Å². The molecule has 0 amide bonds. The molecule has 0 aliphatic heterocycles. The number of fused-ring (bicyclic) bond motifs is 2. The number of rotatable bonds is 1. The van der Waals surface area contributed by atoms with Crippen molar-refractivity contribution in [3.05, 3.63) is 52.1 Å². The second-order valence-electron chi connectivity index (χ2n) is 4.85. The third-order valence-corrected chi connectivity index (χ3v) is 3.70. The average molecular weight is 269 g/mol. The Morgan fingerprint density at radius 2 is 2.20 bits per heavy atom. The molecule has 0 saturated heterocycles. The molecule has 1 aromatic carbocycles. The van der Waals surface area contributed by atoms with Crippen molar-refractivity contribution >= 4 is 11.2 Å². The normalized spacial score (nSPS) is 21.2. The van der Waals surface area contributed by atoms with Gasteiger partial charge in [0, 0.05) is 6.42 Å². The molecule has 1 aliphatic carbocycles. The minimum absolute atomic E-state index is 0.184. The van der Waals surface area contributed by atoms with Crippen LogP contribution in [0.25, 0.3) is 11.2 Å². The molecule has 100 valence electrons. The molecule has 0 spiro atoms. The predicted octanol–water partition coefficient (Wildman–Crippen LogP) is 0.0210. The van der Waals surface area contributed by atoms with Crippen LogP contribution in [0.5, 0.6) is 0 Å². The Balaban J connectivity index is 1.96. The maximum Gasteiger partial charge on any atom is 0.280 e. The fourth-order valence-electron chi connectivity index (χ4n) is 2.81. The smallest absolute Gasteiger partial charge is 0.280 e. The third kappa shape index (κ3) is 1.44. The van der Waals surface area contributed by atoms with Crippen molar-refractivity contribution in [1.82, 2.24) is 25.0 Å². The van der Waals surface area contributed by atoms with E-state index in [0.717, 1.165) is 11.1 Å². The van der Waals surface area contributed by atoms with E-state index in [1.807, 2.05) is 24.3 Å². The molecule has 3 aromatic rings. The number of aliphatic hydroxyl groups excluding tert-OH is 1. The zero-order chi connectivity index (χ0) is 13.7. The van der Waals surface area contributed by atoms with Gasteiger partial charge in [0.1, 0.15) is 6.04 Å². The molecule has 0 fully saturated rings. The Kier molecular flexibility index (Phi) is 2.25. The second-order valence-corrected chi connectivity index (χ2v) is 4.85. The number of nitrogens with zero attached hydrogens (tertiary/aromatic N) is 4. The number of hydrogen-bond acceptors (Lipinski definition) is 5. The van der Waals surface area contributed by atoms with Gasteiger partial charge >= 0.3 is 0 Å². The molecule has 2 heterocycles. The number of H-pyrrole nitrogens is 1. The van der Waals surface area contributed by atoms with E-state index in [1.54, 1.807) is 0 Å². The van der Waals surface area contributed by atoms with Crippen LogP contribution in [-0.2, 0) is 6.42 Å². The molecule has 0 saturated carbocycles. The molecule has 0 unspecified atom stereocenters. The van der Waals surface area contributed by atoms with Gasteiger partial charge in [0.05, 0.1) is 12.4 Å². The maximum absolute atomic E-state index is 11.7. The first-order valence-corrected chi connectivity index (χ1v) is 6.30. The van der Waals surface area contributed by atoms with Crippen LogP contribution in [0.2, 0.25) is 0 Å². The van der Waals surface area contributed by atoms with Crippen molar-refractivity contribution in [2.24, 2.45) is 0 Å². The largest absolute Gasteiger partial charge is 0.390 e. The summed E-state index contributed by atoms with van der Waals surface area (Å²) in [6, 6.07) is 7.44. The molecule has 0 bridgehead atoms. The number of hydrogen-bond donors (Lipinski definition) is 2. The molecular formula is C13H11N5O2. The minimum Gasteiger partial charge on any atom is -0.390 e. The van der Waals surface area contributed by atoms with Crippen molar-refractivity contribution in [2.45, 2.75) is 18.6 Å². The van der Waals surface area contributed by atoms with Crippen LogP contribution in [0.3, 0.4) is 0 Å². The van der Waals surface area contributed by atoms with Crippen LogP contribution in [-0.4, -0.2) is 36.2 Å². The van der Waals surface area contributed by atoms with Crippen molar-refractivity contribution in [3.63, 3.8) is 0 Å². The summed E-state index contributed by atoms with van der Waals surface area (Å²) >= 11 is 0. The Hall–Kier alpha value is -2.54. The highest BCUT2D eigenvalue weighted by Gasteiger charge is 2.34. The summed E-state index contributed by atoms with van der Waals surface area (Å²) in [7, 11) is 0. The lowest BCUT2D eigenvalue weighted by Crippen LogP contribution is -2.22. The predicted molar refractivity (Wildman–Crippen MR) is 70.2 cm³/mol. The molecule has 20 heavy (non-hydrogen) atoms. The van der Waals surface area contributed by atoms with Crippen LogP contribution < -0.4 is 5.56 Å². The fraction of sp³-hybridized carbons (Fsp3) is 0.231. The van der Waals surface area contributed by atoms with Gasteiger partial charge in [0.15, 0.2) is 11.2 Å². The summed E-state index contributed by atoms with van der Waals surface area (Å²) in [5, 5.41) is 18.2. The summed E-state index contributed by atoms with van der Waals surface area (Å²) in [5.41, 5.74) is 2.31. The van der Waals surface area contributed by atoms with Crippen LogP contribution in [0.4, 0.5) is 0 Å². The standard InChI is InChI=1S/C13H11N5O2/c19-9-5-7-3-1-2-4-8(7)11(9)18-12-10(16-17-18)13(20)15-6-14-12/h1-4,6,9,11,19H,5H2,(H,14,15,20)/t9-,11-/m0/s1. The zero-order valence-corrected chi connectivity index (χ0v) is 10.4. The van der Waals surface area contributed by atoms with Crippen LogP contribution >= 0.6 is 0 Å². The van der Waals surface area contributed by atoms with Crippen molar-refractivity contribution in [2.75, 3.05) is 0 Å². The highest BCUT2D eigenvalue weighted by molar-refractivity contribution is 5.68. The van der Waals surface area contributed by atoms with Gasteiger partial charge in [-0.05, 0) is 11.1 Å². The first-order chi connectivity index (χ1) is 9.75. The zero-order valence-electron chi connectivity index (χ0n) is 10.4. The number of nitrogens with one attached hydrogen (secondary N) is 1. The number of aromatic nitrogens is 5. The molecule has 7 heteroatoms. The Labute approximate surface area is 112 Å². The van der Waals surface area contributed by atoms with E-state index in [0.29, 0.717) is 12.1 Å². The van der Waals surface area contributed by atoms with Gasteiger partial charge in [-0.25, -0.2) is 9.67 Å².